The lowest BCUT2D eigenvalue weighted by molar-refractivity contribution is 0.353. The van der Waals surface area contributed by atoms with E-state index in [1.165, 1.54) is 92.3 Å². The monoisotopic (exact) mass is 407 g/mol. The Morgan fingerprint density at radius 2 is 1.29 bits per heavy atom. The van der Waals surface area contributed by atoms with Gasteiger partial charge >= 0.3 is 0 Å². The predicted octanol–water partition coefficient (Wildman–Crippen LogP) is 8.71. The van der Waals surface area contributed by atoms with Crippen molar-refractivity contribution in [1.29, 1.82) is 0 Å². The molecule has 1 heteroatoms. The van der Waals surface area contributed by atoms with Crippen molar-refractivity contribution in [2.45, 2.75) is 75.5 Å². The lowest BCUT2D eigenvalue weighted by Gasteiger charge is -2.36. The van der Waals surface area contributed by atoms with E-state index in [0.717, 1.165) is 5.92 Å². The van der Waals surface area contributed by atoms with Crippen LogP contribution >= 0.6 is 0 Å². The number of hydrogen-bond donors (Lipinski definition) is 1. The number of rotatable bonds is 3. The zero-order valence-corrected chi connectivity index (χ0v) is 18.5. The summed E-state index contributed by atoms with van der Waals surface area (Å²) in [6, 6.07) is 25.5. The van der Waals surface area contributed by atoms with Crippen molar-refractivity contribution in [3.8, 4) is 11.1 Å². The first-order chi connectivity index (χ1) is 15.3. The Morgan fingerprint density at radius 1 is 0.613 bits per heavy atom. The van der Waals surface area contributed by atoms with E-state index in [-0.39, 0.29) is 5.41 Å². The van der Waals surface area contributed by atoms with E-state index in [1.54, 1.807) is 11.1 Å². The van der Waals surface area contributed by atoms with Crippen LogP contribution in [-0.2, 0) is 5.41 Å². The number of hydrogen-bond acceptors (Lipinski definition) is 1. The molecule has 0 bridgehead atoms. The molecule has 1 N–H and O–H groups in total. The van der Waals surface area contributed by atoms with Gasteiger partial charge in [0, 0.05) is 16.8 Å². The number of nitrogens with one attached hydrogen (secondary N) is 1. The van der Waals surface area contributed by atoms with Gasteiger partial charge in [0.2, 0.25) is 0 Å². The molecule has 0 saturated heterocycles. The summed E-state index contributed by atoms with van der Waals surface area (Å²) in [6.45, 7) is 0. The standard InChI is InChI=1S/C30H33N/c1-3-9-22(10-4-1)23-13-15-24(16-14-23)31-25-17-18-27-26-11-5-6-12-28(26)30(29(27)21-25)19-7-2-8-20-30/h5-6,11-18,21-22,31H,1-4,7-10,19-20H2. The first kappa shape index (κ1) is 19.2. The number of benzene rings is 3. The molecule has 0 radical (unpaired) electrons. The summed E-state index contributed by atoms with van der Waals surface area (Å²) < 4.78 is 0. The van der Waals surface area contributed by atoms with Crippen molar-refractivity contribution < 1.29 is 0 Å². The SMILES string of the molecule is c1ccc2c(c1)-c1ccc(Nc3ccc(C4CCCCC4)cc3)cc1C21CCCCC1. The summed E-state index contributed by atoms with van der Waals surface area (Å²) in [5, 5.41) is 3.71. The van der Waals surface area contributed by atoms with Gasteiger partial charge in [-0.1, -0.05) is 81.0 Å². The number of anilines is 2. The van der Waals surface area contributed by atoms with E-state index in [1.807, 2.05) is 0 Å². The number of fused-ring (bicyclic) bond motifs is 5. The van der Waals surface area contributed by atoms with E-state index in [0.29, 0.717) is 0 Å². The molecule has 0 atom stereocenters. The molecule has 1 nitrogen and oxygen atoms in total. The van der Waals surface area contributed by atoms with Crippen LogP contribution in [-0.4, -0.2) is 0 Å². The summed E-state index contributed by atoms with van der Waals surface area (Å²) in [5.74, 6) is 0.771. The van der Waals surface area contributed by atoms with Gasteiger partial charge in [-0.15, -0.1) is 0 Å². The lowest BCUT2D eigenvalue weighted by Crippen LogP contribution is -2.28. The predicted molar refractivity (Wildman–Crippen MR) is 131 cm³/mol. The second-order valence-electron chi connectivity index (χ2n) is 10.0. The van der Waals surface area contributed by atoms with E-state index in [4.69, 9.17) is 0 Å². The molecule has 31 heavy (non-hydrogen) atoms. The maximum atomic E-state index is 3.71. The van der Waals surface area contributed by atoms with E-state index in [9.17, 15) is 0 Å². The van der Waals surface area contributed by atoms with Crippen LogP contribution < -0.4 is 5.32 Å². The topological polar surface area (TPSA) is 12.0 Å². The van der Waals surface area contributed by atoms with Crippen LogP contribution in [0.4, 0.5) is 11.4 Å². The maximum absolute atomic E-state index is 3.71. The summed E-state index contributed by atoms with van der Waals surface area (Å²) >= 11 is 0. The summed E-state index contributed by atoms with van der Waals surface area (Å²) in [6.07, 6.45) is 13.6. The van der Waals surface area contributed by atoms with Gasteiger partial charge in [0.1, 0.15) is 0 Å². The smallest absolute Gasteiger partial charge is 0.0387 e. The molecular weight excluding hydrogens is 374 g/mol. The van der Waals surface area contributed by atoms with Crippen LogP contribution in [0.1, 0.15) is 86.8 Å². The van der Waals surface area contributed by atoms with E-state index < -0.39 is 0 Å². The van der Waals surface area contributed by atoms with Gasteiger partial charge in [-0.25, -0.2) is 0 Å². The molecule has 0 heterocycles. The van der Waals surface area contributed by atoms with Crippen molar-refractivity contribution >= 4 is 11.4 Å². The van der Waals surface area contributed by atoms with Gasteiger partial charge in [0.15, 0.2) is 0 Å². The van der Waals surface area contributed by atoms with Gasteiger partial charge in [0.05, 0.1) is 0 Å². The highest BCUT2D eigenvalue weighted by Crippen LogP contribution is 2.56. The minimum Gasteiger partial charge on any atom is -0.356 e. The quantitative estimate of drug-likeness (QED) is 0.458. The average Bonchev–Trinajstić information content (AvgIpc) is 3.10. The van der Waals surface area contributed by atoms with Crippen molar-refractivity contribution in [3.63, 3.8) is 0 Å². The van der Waals surface area contributed by atoms with E-state index in [2.05, 4.69) is 72.0 Å². The molecule has 1 spiro atoms. The zero-order valence-electron chi connectivity index (χ0n) is 18.5. The van der Waals surface area contributed by atoms with E-state index >= 15 is 0 Å². The fourth-order valence-electron chi connectivity index (χ4n) is 6.67. The normalized spacial score (nSPS) is 19.7. The minimum absolute atomic E-state index is 0.229. The lowest BCUT2D eigenvalue weighted by atomic mass is 9.68. The zero-order chi connectivity index (χ0) is 20.7. The molecule has 2 fully saturated rings. The second-order valence-corrected chi connectivity index (χ2v) is 10.0. The third-order valence-corrected chi connectivity index (χ3v) is 8.25. The first-order valence-corrected chi connectivity index (χ1v) is 12.4. The second kappa shape index (κ2) is 7.86. The summed E-state index contributed by atoms with van der Waals surface area (Å²) in [7, 11) is 0. The molecule has 6 rings (SSSR count). The molecule has 0 aliphatic heterocycles. The van der Waals surface area contributed by atoms with Gasteiger partial charge in [-0.3, -0.25) is 0 Å². The summed E-state index contributed by atoms with van der Waals surface area (Å²) in [5.41, 5.74) is 10.2. The van der Waals surface area contributed by atoms with Crippen LogP contribution in [0, 0.1) is 0 Å². The first-order valence-electron chi connectivity index (χ1n) is 12.4. The Hall–Kier alpha value is -2.54. The molecule has 0 unspecified atom stereocenters. The average molecular weight is 408 g/mol. The molecule has 0 aromatic heterocycles. The molecule has 158 valence electrons. The highest BCUT2D eigenvalue weighted by atomic mass is 14.9. The van der Waals surface area contributed by atoms with Gasteiger partial charge < -0.3 is 5.32 Å². The fourth-order valence-corrected chi connectivity index (χ4v) is 6.67. The Kier molecular flexibility index (Phi) is 4.86. The molecular formula is C30H33N. The van der Waals surface area contributed by atoms with Crippen molar-refractivity contribution in [2.75, 3.05) is 5.32 Å². The Labute approximate surface area is 186 Å². The van der Waals surface area contributed by atoms with Crippen LogP contribution in [0.3, 0.4) is 0 Å². The fraction of sp³-hybridized carbons (Fsp3) is 0.400. The van der Waals surface area contributed by atoms with Crippen LogP contribution in [0.25, 0.3) is 11.1 Å². The van der Waals surface area contributed by atoms with Crippen molar-refractivity contribution in [1.82, 2.24) is 0 Å². The largest absolute Gasteiger partial charge is 0.356 e. The van der Waals surface area contributed by atoms with Crippen LogP contribution in [0.15, 0.2) is 66.7 Å². The molecule has 3 aliphatic rings. The third-order valence-electron chi connectivity index (χ3n) is 8.25. The van der Waals surface area contributed by atoms with Crippen LogP contribution in [0.2, 0.25) is 0 Å². The summed E-state index contributed by atoms with van der Waals surface area (Å²) in [4.78, 5) is 0. The third kappa shape index (κ3) is 3.30. The van der Waals surface area contributed by atoms with Crippen molar-refractivity contribution in [3.05, 3.63) is 83.4 Å². The minimum atomic E-state index is 0.229. The van der Waals surface area contributed by atoms with Crippen LogP contribution in [0.5, 0.6) is 0 Å². The molecule has 3 aromatic carbocycles. The van der Waals surface area contributed by atoms with Crippen molar-refractivity contribution in [2.24, 2.45) is 0 Å². The molecule has 3 aromatic rings. The highest BCUT2D eigenvalue weighted by molar-refractivity contribution is 5.83. The maximum Gasteiger partial charge on any atom is 0.0387 e. The molecule has 3 aliphatic carbocycles. The molecule has 2 saturated carbocycles. The Morgan fingerprint density at radius 3 is 2.10 bits per heavy atom. The van der Waals surface area contributed by atoms with Gasteiger partial charge in [-0.05, 0) is 83.7 Å². The highest BCUT2D eigenvalue weighted by Gasteiger charge is 2.43. The Balaban J connectivity index is 1.30. The molecule has 0 amide bonds. The Bertz CT molecular complexity index is 1070. The van der Waals surface area contributed by atoms with Gasteiger partial charge in [-0.2, -0.15) is 0 Å². The van der Waals surface area contributed by atoms with Gasteiger partial charge in [0.25, 0.3) is 0 Å².